The molecule has 6 atom stereocenters. The third-order valence-corrected chi connectivity index (χ3v) is 4.44. The number of unbranched alkanes of at least 4 members (excludes halogenated alkanes) is 1. The lowest BCUT2D eigenvalue weighted by Crippen LogP contribution is -2.55. The molecule has 0 bridgehead atoms. The molecule has 0 fully saturated rings. The molecule has 3 amide bonds. The number of amides is 3. The fraction of sp³-hybridized carbons (Fsp3) is 0.737. The number of primary amides is 1. The number of aliphatic hydroxyl groups excluding tert-OH is 1. The summed E-state index contributed by atoms with van der Waals surface area (Å²) in [5.41, 5.74) is 10.7. The molecule has 0 saturated heterocycles. The van der Waals surface area contributed by atoms with E-state index >= 15 is 0 Å². The Kier molecular flexibility index (Phi) is 20.6. The van der Waals surface area contributed by atoms with Gasteiger partial charge in [-0.2, -0.15) is 19.8 Å². The molecule has 0 aliphatic rings. The van der Waals surface area contributed by atoms with E-state index in [-0.39, 0.29) is 38.4 Å². The number of carbonyl (C=O) groups is 5. The van der Waals surface area contributed by atoms with E-state index in [0.717, 1.165) is 0 Å². The van der Waals surface area contributed by atoms with Gasteiger partial charge in [-0.25, -0.2) is 0 Å². The van der Waals surface area contributed by atoms with Gasteiger partial charge < -0.3 is 36.7 Å². The number of carbonyl (C=O) groups excluding carboxylic acids is 5. The minimum absolute atomic E-state index is 0. The van der Waals surface area contributed by atoms with Crippen molar-refractivity contribution in [2.24, 2.45) is 17.4 Å². The summed E-state index contributed by atoms with van der Waals surface area (Å²) in [5, 5.41) is 14.1. The monoisotopic (exact) mass is 498 g/mol. The molecule has 0 aliphatic carbocycles. The van der Waals surface area contributed by atoms with Gasteiger partial charge in [0.25, 0.3) is 5.91 Å². The molecule has 0 saturated carbocycles. The Bertz CT molecular complexity index is 622. The number of nitrogens with one attached hydrogen (secondary N) is 2. The minimum atomic E-state index is -1.37. The maximum Gasteiger partial charge on any atom is 0.310 e. The van der Waals surface area contributed by atoms with Crippen LogP contribution >= 0.6 is 19.8 Å². The lowest BCUT2D eigenvalue weighted by molar-refractivity contribution is -0.160. The summed E-state index contributed by atoms with van der Waals surface area (Å²) in [5.74, 6) is -3.91. The first kappa shape index (κ1) is 34.9. The Hall–Kier alpha value is -1.67. The quantitative estimate of drug-likeness (QED) is 0.104. The van der Waals surface area contributed by atoms with Crippen molar-refractivity contribution >= 4 is 49.3 Å². The van der Waals surface area contributed by atoms with E-state index in [1.165, 1.54) is 13.8 Å². The van der Waals surface area contributed by atoms with Crippen LogP contribution in [-0.4, -0.2) is 65.9 Å². The molecule has 3 unspecified atom stereocenters. The third kappa shape index (κ3) is 13.7. The van der Waals surface area contributed by atoms with E-state index in [1.807, 2.05) is 0 Å². The van der Waals surface area contributed by atoms with Crippen LogP contribution in [0.15, 0.2) is 0 Å². The van der Waals surface area contributed by atoms with Crippen LogP contribution in [0.2, 0.25) is 0 Å². The summed E-state index contributed by atoms with van der Waals surface area (Å²) >= 11 is 0. The van der Waals surface area contributed by atoms with Crippen molar-refractivity contribution in [1.29, 1.82) is 0 Å². The van der Waals surface area contributed by atoms with Crippen LogP contribution < -0.4 is 22.1 Å². The second kappa shape index (κ2) is 18.9. The highest BCUT2D eigenvalue weighted by Gasteiger charge is 2.29. The topological polar surface area (TPSA) is 191 Å². The smallest absolute Gasteiger partial charge is 0.310 e. The van der Waals surface area contributed by atoms with Gasteiger partial charge in [-0.05, 0) is 46.1 Å². The zero-order chi connectivity index (χ0) is 23.3. The van der Waals surface area contributed by atoms with Crippen LogP contribution in [0.3, 0.4) is 0 Å². The number of Topliss-reactive ketones (excluding diaryl/α,β-unsaturated/α-hetero) is 1. The molecule has 0 spiro atoms. The van der Waals surface area contributed by atoms with Gasteiger partial charge in [0, 0.05) is 6.42 Å². The number of rotatable bonds is 15. The fourth-order valence-corrected chi connectivity index (χ4v) is 2.60. The Balaban J connectivity index is -0.00000420. The zero-order valence-corrected chi connectivity index (χ0v) is 22.1. The second-order valence-electron chi connectivity index (χ2n) is 7.08. The largest absolute Gasteiger partial charge is 0.452 e. The molecule has 11 nitrogen and oxygen atoms in total. The maximum absolute atomic E-state index is 12.3. The molecule has 0 aromatic carbocycles. The number of aliphatic hydroxyl groups is 1. The van der Waals surface area contributed by atoms with E-state index < -0.39 is 54.4 Å². The Morgan fingerprint density at radius 2 is 1.56 bits per heavy atom. The molecule has 188 valence electrons. The summed E-state index contributed by atoms with van der Waals surface area (Å²) in [4.78, 5) is 59.4. The van der Waals surface area contributed by atoms with Gasteiger partial charge in [0.05, 0.1) is 12.5 Å². The van der Waals surface area contributed by atoms with Crippen molar-refractivity contribution in [3.63, 3.8) is 0 Å². The van der Waals surface area contributed by atoms with Crippen molar-refractivity contribution in [1.82, 2.24) is 10.6 Å². The van der Waals surface area contributed by atoms with Crippen LogP contribution in [0, 0.1) is 5.92 Å². The summed E-state index contributed by atoms with van der Waals surface area (Å²) in [7, 11) is 0. The molecular formula is C19H40N4O7P2. The van der Waals surface area contributed by atoms with Crippen LogP contribution in [-0.2, 0) is 28.7 Å². The highest BCUT2D eigenvalue weighted by Crippen LogP contribution is 2.12. The average Bonchev–Trinajstić information content (AvgIpc) is 2.68. The number of nitrogens with two attached hydrogens (primary N) is 2. The highest BCUT2D eigenvalue weighted by atomic mass is 31.0. The summed E-state index contributed by atoms with van der Waals surface area (Å²) in [6.45, 7) is 4.06. The molecule has 0 rings (SSSR count). The predicted molar refractivity (Wildman–Crippen MR) is 130 cm³/mol. The standard InChI is InChI=1S/C19H34N4O7.2H3P/c1-4-13(9-11(2)25)19(29)30-12(3)17(27)23-15(10-24)18(28)22-14(16(21)26)7-5-6-8-20;;/h12-15,24H,4-10,20H2,1-3H3,(H2,21,26)(H,22,28)(H,23,27);2*1H3/t12-,13?,14-,15-;;/m0../s1. The van der Waals surface area contributed by atoms with E-state index in [4.69, 9.17) is 16.2 Å². The SMILES string of the molecule is CCC(CC(C)=O)C(=O)O[C@@H](C)C(=O)N[C@@H](CO)C(=O)N[C@@H](CCCCN)C(N)=O.P.P. The molecule has 7 N–H and O–H groups in total. The molecule has 13 heteroatoms. The molecule has 0 radical (unpaired) electrons. The van der Waals surface area contributed by atoms with Gasteiger partial charge in [-0.3, -0.25) is 19.2 Å². The number of hydrogen-bond donors (Lipinski definition) is 5. The Labute approximate surface area is 195 Å². The molecule has 0 aromatic heterocycles. The predicted octanol–water partition coefficient (Wildman–Crippen LogP) is -1.38. The number of ketones is 1. The normalized spacial score (nSPS) is 13.8. The van der Waals surface area contributed by atoms with E-state index in [9.17, 15) is 29.1 Å². The van der Waals surface area contributed by atoms with Gasteiger partial charge in [0.15, 0.2) is 6.10 Å². The lowest BCUT2D eigenvalue weighted by Gasteiger charge is -2.22. The number of hydrogen-bond acceptors (Lipinski definition) is 8. The van der Waals surface area contributed by atoms with E-state index in [0.29, 0.717) is 25.8 Å². The van der Waals surface area contributed by atoms with Gasteiger partial charge in [0.1, 0.15) is 17.9 Å². The summed E-state index contributed by atoms with van der Waals surface area (Å²) in [6.07, 6.45) is 0.596. The van der Waals surface area contributed by atoms with Crippen LogP contribution in [0.5, 0.6) is 0 Å². The van der Waals surface area contributed by atoms with Crippen molar-refractivity contribution in [3.8, 4) is 0 Å². The summed E-state index contributed by atoms with van der Waals surface area (Å²) in [6, 6.07) is -2.34. The number of esters is 1. The van der Waals surface area contributed by atoms with Crippen molar-refractivity contribution < 1.29 is 33.8 Å². The minimum Gasteiger partial charge on any atom is -0.452 e. The van der Waals surface area contributed by atoms with Crippen molar-refractivity contribution in [2.75, 3.05) is 13.2 Å². The zero-order valence-electron chi connectivity index (χ0n) is 19.2. The van der Waals surface area contributed by atoms with Gasteiger partial charge in [0.2, 0.25) is 11.8 Å². The lowest BCUT2D eigenvalue weighted by atomic mass is 10.0. The first-order valence-corrected chi connectivity index (χ1v) is 9.98. The van der Waals surface area contributed by atoms with E-state index in [2.05, 4.69) is 10.6 Å². The van der Waals surface area contributed by atoms with Crippen LogP contribution in [0.25, 0.3) is 0 Å². The van der Waals surface area contributed by atoms with Gasteiger partial charge >= 0.3 is 5.97 Å². The first-order chi connectivity index (χ1) is 14.1. The molecule has 0 aromatic rings. The van der Waals surface area contributed by atoms with E-state index in [1.54, 1.807) is 6.92 Å². The Morgan fingerprint density at radius 1 is 1.00 bits per heavy atom. The molecule has 32 heavy (non-hydrogen) atoms. The summed E-state index contributed by atoms with van der Waals surface area (Å²) < 4.78 is 5.07. The highest BCUT2D eigenvalue weighted by molar-refractivity contribution is 6.92. The molecule has 0 heterocycles. The van der Waals surface area contributed by atoms with Gasteiger partial charge in [-0.15, -0.1) is 0 Å². The number of ether oxygens (including phenoxy) is 1. The third-order valence-electron chi connectivity index (χ3n) is 4.44. The average molecular weight is 498 g/mol. The van der Waals surface area contributed by atoms with Crippen molar-refractivity contribution in [2.45, 2.75) is 71.1 Å². The maximum atomic E-state index is 12.3. The van der Waals surface area contributed by atoms with Crippen LogP contribution in [0.4, 0.5) is 0 Å². The fourth-order valence-electron chi connectivity index (χ4n) is 2.60. The van der Waals surface area contributed by atoms with Crippen molar-refractivity contribution in [3.05, 3.63) is 0 Å². The first-order valence-electron chi connectivity index (χ1n) is 9.98. The molecule has 0 aliphatic heterocycles. The molecular weight excluding hydrogens is 458 g/mol. The Morgan fingerprint density at radius 3 is 2.00 bits per heavy atom. The van der Waals surface area contributed by atoms with Crippen LogP contribution in [0.1, 0.15) is 52.9 Å². The van der Waals surface area contributed by atoms with Gasteiger partial charge in [-0.1, -0.05) is 6.92 Å². The second-order valence-corrected chi connectivity index (χ2v) is 7.08.